The molecule has 0 atom stereocenters. The first kappa shape index (κ1) is 25.5. The third-order valence-electron chi connectivity index (χ3n) is 5.96. The van der Waals surface area contributed by atoms with Gasteiger partial charge in [-0.3, -0.25) is 4.79 Å². The molecular formula is C27H26FN5O5. The van der Waals surface area contributed by atoms with Crippen LogP contribution in [0.3, 0.4) is 0 Å². The molecule has 2 aromatic heterocycles. The summed E-state index contributed by atoms with van der Waals surface area (Å²) in [5.74, 6) is -0.230. The molecule has 0 bridgehead atoms. The molecule has 3 heterocycles. The molecule has 0 radical (unpaired) electrons. The van der Waals surface area contributed by atoms with Crippen molar-refractivity contribution in [2.45, 2.75) is 13.2 Å². The monoisotopic (exact) mass is 519 g/mol. The van der Waals surface area contributed by atoms with Gasteiger partial charge in [-0.05, 0) is 49.4 Å². The van der Waals surface area contributed by atoms with Gasteiger partial charge in [0.2, 0.25) is 12.2 Å². The van der Waals surface area contributed by atoms with Gasteiger partial charge in [0.25, 0.3) is 0 Å². The molecule has 2 aromatic carbocycles. The zero-order valence-corrected chi connectivity index (χ0v) is 20.6. The third kappa shape index (κ3) is 5.54. The molecule has 1 amide bonds. The number of benzene rings is 2. The number of halogens is 1. The lowest BCUT2D eigenvalue weighted by atomic mass is 9.91. The molecule has 0 saturated carbocycles. The average molecular weight is 520 g/mol. The zero-order valence-electron chi connectivity index (χ0n) is 20.6. The van der Waals surface area contributed by atoms with E-state index in [9.17, 15) is 9.18 Å². The summed E-state index contributed by atoms with van der Waals surface area (Å²) < 4.78 is 30.9. The molecule has 196 valence electrons. The lowest BCUT2D eigenvalue weighted by molar-refractivity contribution is -0.229. The van der Waals surface area contributed by atoms with Crippen LogP contribution < -0.4 is 10.1 Å². The molecule has 0 unspecified atom stereocenters. The van der Waals surface area contributed by atoms with Gasteiger partial charge in [0.05, 0.1) is 42.3 Å². The molecule has 0 spiro atoms. The van der Waals surface area contributed by atoms with E-state index in [2.05, 4.69) is 20.3 Å². The lowest BCUT2D eigenvalue weighted by Gasteiger charge is -2.35. The lowest BCUT2D eigenvalue weighted by Crippen LogP contribution is -2.45. The first-order chi connectivity index (χ1) is 18.4. The van der Waals surface area contributed by atoms with Crippen molar-refractivity contribution in [2.24, 2.45) is 5.41 Å². The first-order valence-corrected chi connectivity index (χ1v) is 12.0. The number of rotatable bonds is 8. The number of nitrogens with one attached hydrogen (secondary N) is 2. The number of carbonyl (C=O) groups excluding carboxylic acids is 1. The number of hydrogen-bond donors (Lipinski definition) is 3. The second kappa shape index (κ2) is 11.1. The Morgan fingerprint density at radius 3 is 2.58 bits per heavy atom. The average Bonchev–Trinajstić information content (AvgIpc) is 3.39. The van der Waals surface area contributed by atoms with Crippen molar-refractivity contribution in [3.63, 3.8) is 0 Å². The van der Waals surface area contributed by atoms with E-state index in [-0.39, 0.29) is 44.2 Å². The predicted octanol–water partition coefficient (Wildman–Crippen LogP) is 3.73. The summed E-state index contributed by atoms with van der Waals surface area (Å²) in [6.45, 7) is 1.84. The zero-order chi connectivity index (χ0) is 26.5. The highest BCUT2D eigenvalue weighted by molar-refractivity contribution is 5.95. The molecule has 5 rings (SSSR count). The van der Waals surface area contributed by atoms with E-state index in [0.29, 0.717) is 34.2 Å². The van der Waals surface area contributed by atoms with Crippen molar-refractivity contribution < 1.29 is 28.5 Å². The fourth-order valence-electron chi connectivity index (χ4n) is 3.89. The van der Waals surface area contributed by atoms with E-state index in [1.807, 2.05) is 30.3 Å². The van der Waals surface area contributed by atoms with Crippen molar-refractivity contribution in [1.82, 2.24) is 19.9 Å². The predicted molar refractivity (Wildman–Crippen MR) is 135 cm³/mol. The number of aromatic amines is 1. The largest absolute Gasteiger partial charge is 0.461 e. The SMILES string of the molecule is CC1(C(=O)Nc2ccccc2)COC(c2nc(-c3ccc(F)cc3)c(-c3ccnc(OCCO)n3)[nH]2)OC1. The number of H-pyrrole nitrogens is 1. The number of amides is 1. The Morgan fingerprint density at radius 1 is 1.13 bits per heavy atom. The number of imidazole rings is 1. The Morgan fingerprint density at radius 2 is 1.87 bits per heavy atom. The summed E-state index contributed by atoms with van der Waals surface area (Å²) >= 11 is 0. The fourth-order valence-corrected chi connectivity index (χ4v) is 3.89. The molecule has 11 heteroatoms. The Hall–Kier alpha value is -4.19. The molecule has 1 saturated heterocycles. The number of carbonyl (C=O) groups is 1. The molecule has 1 aliphatic rings. The third-order valence-corrected chi connectivity index (χ3v) is 5.96. The van der Waals surface area contributed by atoms with Crippen LogP contribution in [0.1, 0.15) is 19.0 Å². The highest BCUT2D eigenvalue weighted by atomic mass is 19.1. The molecule has 38 heavy (non-hydrogen) atoms. The molecule has 1 aliphatic heterocycles. The van der Waals surface area contributed by atoms with Gasteiger partial charge in [0.1, 0.15) is 12.4 Å². The van der Waals surface area contributed by atoms with Crippen molar-refractivity contribution in [1.29, 1.82) is 0 Å². The second-order valence-corrected chi connectivity index (χ2v) is 8.98. The first-order valence-electron chi connectivity index (χ1n) is 12.0. The summed E-state index contributed by atoms with van der Waals surface area (Å²) in [5.41, 5.74) is 1.90. The number of aromatic nitrogens is 4. The van der Waals surface area contributed by atoms with Crippen LogP contribution >= 0.6 is 0 Å². The minimum atomic E-state index is -0.910. The van der Waals surface area contributed by atoms with Crippen LogP contribution in [0.15, 0.2) is 66.9 Å². The highest BCUT2D eigenvalue weighted by Crippen LogP contribution is 2.36. The van der Waals surface area contributed by atoms with Crippen molar-refractivity contribution >= 4 is 11.6 Å². The molecule has 3 N–H and O–H groups in total. The Kier molecular flexibility index (Phi) is 7.40. The number of anilines is 1. The Labute approximate surface area is 217 Å². The smallest absolute Gasteiger partial charge is 0.317 e. The maximum atomic E-state index is 13.6. The van der Waals surface area contributed by atoms with Gasteiger partial charge in [-0.25, -0.2) is 14.4 Å². The topological polar surface area (TPSA) is 131 Å². The second-order valence-electron chi connectivity index (χ2n) is 8.98. The van der Waals surface area contributed by atoms with E-state index in [1.54, 1.807) is 25.1 Å². The molecule has 4 aromatic rings. The van der Waals surface area contributed by atoms with E-state index in [4.69, 9.17) is 24.3 Å². The molecule has 0 aliphatic carbocycles. The van der Waals surface area contributed by atoms with Crippen LogP contribution in [0.2, 0.25) is 0 Å². The van der Waals surface area contributed by atoms with Crippen LogP contribution in [-0.2, 0) is 14.3 Å². The number of aliphatic hydroxyl groups excluding tert-OH is 1. The van der Waals surface area contributed by atoms with E-state index in [1.165, 1.54) is 18.3 Å². The van der Waals surface area contributed by atoms with Crippen LogP contribution in [0, 0.1) is 11.2 Å². The fraction of sp³-hybridized carbons (Fsp3) is 0.259. The van der Waals surface area contributed by atoms with Gasteiger partial charge in [-0.1, -0.05) is 18.2 Å². The van der Waals surface area contributed by atoms with Crippen molar-refractivity contribution in [2.75, 3.05) is 31.7 Å². The summed E-state index contributed by atoms with van der Waals surface area (Å²) in [4.78, 5) is 29.3. The number of nitrogens with zero attached hydrogens (tertiary/aromatic N) is 3. The van der Waals surface area contributed by atoms with Crippen LogP contribution in [0.4, 0.5) is 10.1 Å². The Balaban J connectivity index is 1.39. The van der Waals surface area contributed by atoms with Gasteiger partial charge < -0.3 is 29.6 Å². The maximum Gasteiger partial charge on any atom is 0.317 e. The normalized spacial score (nSPS) is 19.2. The van der Waals surface area contributed by atoms with Gasteiger partial charge in [0, 0.05) is 17.4 Å². The number of hydrogen-bond acceptors (Lipinski definition) is 8. The van der Waals surface area contributed by atoms with Crippen molar-refractivity contribution in [3.05, 3.63) is 78.5 Å². The van der Waals surface area contributed by atoms with Gasteiger partial charge in [-0.15, -0.1) is 0 Å². The molecular weight excluding hydrogens is 493 g/mol. The number of ether oxygens (including phenoxy) is 3. The standard InChI is InChI=1S/C27H26FN5O5/c1-27(25(35)30-19-5-3-2-4-6-19)15-37-24(38-16-27)23-32-21(17-7-9-18(28)10-8-17)22(33-23)20-11-12-29-26(31-20)36-14-13-34/h2-12,24,34H,13-16H2,1H3,(H,30,35)(H,32,33). The maximum absolute atomic E-state index is 13.6. The minimum absolute atomic E-state index is 0.0445. The van der Waals surface area contributed by atoms with Crippen LogP contribution in [-0.4, -0.2) is 57.4 Å². The summed E-state index contributed by atoms with van der Waals surface area (Å²) in [7, 11) is 0. The van der Waals surface area contributed by atoms with E-state index >= 15 is 0 Å². The van der Waals surface area contributed by atoms with Crippen LogP contribution in [0.25, 0.3) is 22.6 Å². The van der Waals surface area contributed by atoms with E-state index in [0.717, 1.165) is 0 Å². The van der Waals surface area contributed by atoms with Crippen LogP contribution in [0.5, 0.6) is 6.01 Å². The van der Waals surface area contributed by atoms with Gasteiger partial charge >= 0.3 is 6.01 Å². The van der Waals surface area contributed by atoms with E-state index < -0.39 is 11.7 Å². The van der Waals surface area contributed by atoms with Gasteiger partial charge in [-0.2, -0.15) is 4.98 Å². The minimum Gasteiger partial charge on any atom is -0.461 e. The highest BCUT2D eigenvalue weighted by Gasteiger charge is 2.41. The summed E-state index contributed by atoms with van der Waals surface area (Å²) in [6, 6.07) is 16.8. The Bertz CT molecular complexity index is 1390. The summed E-state index contributed by atoms with van der Waals surface area (Å²) in [5, 5.41) is 11.9. The number of para-hydroxylation sites is 1. The summed E-state index contributed by atoms with van der Waals surface area (Å²) in [6.07, 6.45) is 0.654. The molecule has 1 fully saturated rings. The van der Waals surface area contributed by atoms with Gasteiger partial charge in [0.15, 0.2) is 5.82 Å². The number of aliphatic hydroxyl groups is 1. The molecule has 10 nitrogen and oxygen atoms in total. The quantitative estimate of drug-likeness (QED) is 0.321. The van der Waals surface area contributed by atoms with Crippen molar-refractivity contribution in [3.8, 4) is 28.7 Å².